The molecule has 0 radical (unpaired) electrons. The highest BCUT2D eigenvalue weighted by Gasteiger charge is 2.22. The average Bonchev–Trinajstić information content (AvgIpc) is 3.45. The molecule has 12 heteroatoms. The fraction of sp³-hybridized carbons (Fsp3) is 0.222. The van der Waals surface area contributed by atoms with Crippen molar-refractivity contribution >= 4 is 35.0 Å². The van der Waals surface area contributed by atoms with Crippen LogP contribution in [-0.4, -0.2) is 76.0 Å². The van der Waals surface area contributed by atoms with Gasteiger partial charge in [0.05, 0.1) is 12.9 Å². The lowest BCUT2D eigenvalue weighted by molar-refractivity contribution is -0.113. The maximum Gasteiger partial charge on any atom is 0.253 e. The van der Waals surface area contributed by atoms with Crippen LogP contribution < -0.4 is 15.0 Å². The van der Waals surface area contributed by atoms with E-state index < -0.39 is 0 Å². The minimum absolute atomic E-state index is 0.0949. The van der Waals surface area contributed by atoms with Gasteiger partial charge in [-0.15, -0.1) is 5.10 Å². The molecule has 1 aliphatic heterocycles. The van der Waals surface area contributed by atoms with E-state index in [0.717, 1.165) is 5.69 Å². The second-order valence-corrected chi connectivity index (χ2v) is 9.66. The summed E-state index contributed by atoms with van der Waals surface area (Å²) in [6.07, 6.45) is 0. The molecule has 1 N–H and O–H groups in total. The van der Waals surface area contributed by atoms with Gasteiger partial charge < -0.3 is 19.9 Å². The van der Waals surface area contributed by atoms with Crippen molar-refractivity contribution in [1.29, 1.82) is 0 Å². The standard InChI is InChI=1S/C27H26FN7O3S/c1-38-24-5-3-2-4-23(24)35-27(30-31-32-35)39-18-25(36)29-21-10-12-22(13-11-21)33-14-16-34(17-15-33)26(37)19-6-8-20(28)9-7-19/h2-13H,14-18H2,1H3,(H,29,36). The molecule has 0 aliphatic carbocycles. The molecule has 10 nitrogen and oxygen atoms in total. The lowest BCUT2D eigenvalue weighted by atomic mass is 10.1. The first kappa shape index (κ1) is 26.2. The minimum Gasteiger partial charge on any atom is -0.494 e. The van der Waals surface area contributed by atoms with E-state index in [1.54, 1.807) is 16.7 Å². The summed E-state index contributed by atoms with van der Waals surface area (Å²) in [6.45, 7) is 2.49. The number of nitrogens with zero attached hydrogens (tertiary/aromatic N) is 6. The van der Waals surface area contributed by atoms with E-state index >= 15 is 0 Å². The number of thioether (sulfide) groups is 1. The number of hydrogen-bond acceptors (Lipinski definition) is 8. The zero-order chi connectivity index (χ0) is 27.2. The van der Waals surface area contributed by atoms with Crippen molar-refractivity contribution in [3.8, 4) is 11.4 Å². The van der Waals surface area contributed by atoms with Crippen LogP contribution in [0.1, 0.15) is 10.4 Å². The largest absolute Gasteiger partial charge is 0.494 e. The first-order chi connectivity index (χ1) is 19.0. The predicted octanol–water partition coefficient (Wildman–Crippen LogP) is 3.50. The highest BCUT2D eigenvalue weighted by Crippen LogP contribution is 2.26. The van der Waals surface area contributed by atoms with Gasteiger partial charge in [-0.1, -0.05) is 23.9 Å². The number of ether oxygens (including phenoxy) is 1. The number of halogens is 1. The number of amides is 2. The summed E-state index contributed by atoms with van der Waals surface area (Å²) < 4.78 is 20.1. The van der Waals surface area contributed by atoms with Gasteiger partial charge >= 0.3 is 0 Å². The van der Waals surface area contributed by atoms with E-state index in [1.165, 1.54) is 36.0 Å². The Bertz CT molecular complexity index is 1440. The molecule has 0 spiro atoms. The first-order valence-corrected chi connectivity index (χ1v) is 13.2. The first-order valence-electron chi connectivity index (χ1n) is 12.3. The van der Waals surface area contributed by atoms with Gasteiger partial charge in [-0.05, 0) is 71.1 Å². The Morgan fingerprint density at radius 2 is 1.69 bits per heavy atom. The summed E-state index contributed by atoms with van der Waals surface area (Å²) in [5.74, 6) is 0.108. The number of anilines is 2. The van der Waals surface area contributed by atoms with Gasteiger partial charge in [0.25, 0.3) is 5.91 Å². The molecule has 2 heterocycles. The van der Waals surface area contributed by atoms with Crippen LogP contribution in [0.5, 0.6) is 5.75 Å². The quantitative estimate of drug-likeness (QED) is 0.334. The van der Waals surface area contributed by atoms with Crippen molar-refractivity contribution in [2.24, 2.45) is 0 Å². The lowest BCUT2D eigenvalue weighted by Gasteiger charge is -2.36. The summed E-state index contributed by atoms with van der Waals surface area (Å²) >= 11 is 1.22. The van der Waals surface area contributed by atoms with Crippen molar-refractivity contribution in [1.82, 2.24) is 25.1 Å². The number of carbonyl (C=O) groups is 2. The van der Waals surface area contributed by atoms with E-state index in [1.807, 2.05) is 48.5 Å². The Labute approximate surface area is 228 Å². The molecule has 1 saturated heterocycles. The molecule has 2 amide bonds. The van der Waals surface area contributed by atoms with Gasteiger partial charge in [0.2, 0.25) is 11.1 Å². The molecule has 39 heavy (non-hydrogen) atoms. The number of rotatable bonds is 8. The summed E-state index contributed by atoms with van der Waals surface area (Å²) in [7, 11) is 1.58. The summed E-state index contributed by atoms with van der Waals surface area (Å²) in [4.78, 5) is 29.2. The third-order valence-corrected chi connectivity index (χ3v) is 7.18. The van der Waals surface area contributed by atoms with Gasteiger partial charge in [-0.25, -0.2) is 4.39 Å². The molecular formula is C27H26FN7O3S. The summed E-state index contributed by atoms with van der Waals surface area (Å²) in [6, 6.07) is 20.6. The Hall–Kier alpha value is -4.45. The van der Waals surface area contributed by atoms with E-state index in [2.05, 4.69) is 25.7 Å². The molecule has 3 aromatic carbocycles. The van der Waals surface area contributed by atoms with Gasteiger partial charge in [-0.2, -0.15) is 4.68 Å². The number of nitrogens with one attached hydrogen (secondary N) is 1. The number of benzene rings is 3. The van der Waals surface area contributed by atoms with Gasteiger partial charge in [0.15, 0.2) is 0 Å². The second kappa shape index (κ2) is 11.9. The second-order valence-electron chi connectivity index (χ2n) is 8.71. The third-order valence-electron chi connectivity index (χ3n) is 6.26. The smallest absolute Gasteiger partial charge is 0.253 e. The fourth-order valence-electron chi connectivity index (χ4n) is 4.25. The highest BCUT2D eigenvalue weighted by atomic mass is 32.2. The topological polar surface area (TPSA) is 105 Å². The summed E-state index contributed by atoms with van der Waals surface area (Å²) in [5.41, 5.74) is 2.86. The van der Waals surface area contributed by atoms with Crippen LogP contribution in [0.15, 0.2) is 78.0 Å². The molecule has 1 fully saturated rings. The lowest BCUT2D eigenvalue weighted by Crippen LogP contribution is -2.48. The molecule has 1 aromatic heterocycles. The molecule has 0 unspecified atom stereocenters. The van der Waals surface area contributed by atoms with Gasteiger partial charge in [0, 0.05) is 43.1 Å². The van der Waals surface area contributed by atoms with Crippen LogP contribution >= 0.6 is 11.8 Å². The highest BCUT2D eigenvalue weighted by molar-refractivity contribution is 7.99. The monoisotopic (exact) mass is 547 g/mol. The summed E-state index contributed by atoms with van der Waals surface area (Å²) in [5, 5.41) is 15.2. The molecule has 4 aromatic rings. The number of tetrazole rings is 1. The normalized spacial score (nSPS) is 13.3. The molecular weight excluding hydrogens is 521 g/mol. The minimum atomic E-state index is -0.361. The zero-order valence-electron chi connectivity index (χ0n) is 21.2. The SMILES string of the molecule is COc1ccccc1-n1nnnc1SCC(=O)Nc1ccc(N2CCN(C(=O)c3ccc(F)cc3)CC2)cc1. The van der Waals surface area contributed by atoms with Crippen molar-refractivity contribution in [3.05, 3.63) is 84.2 Å². The Morgan fingerprint density at radius 3 is 2.41 bits per heavy atom. The zero-order valence-corrected chi connectivity index (χ0v) is 22.0. The number of piperazine rings is 1. The number of carbonyl (C=O) groups excluding carboxylic acids is 2. The van der Waals surface area contributed by atoms with Crippen LogP contribution in [0.4, 0.5) is 15.8 Å². The van der Waals surface area contributed by atoms with E-state index in [4.69, 9.17) is 4.74 Å². The van der Waals surface area contributed by atoms with Crippen molar-refractivity contribution in [2.75, 3.05) is 49.3 Å². The number of para-hydroxylation sites is 2. The Kier molecular flexibility index (Phi) is 8.02. The van der Waals surface area contributed by atoms with Gasteiger partial charge in [-0.3, -0.25) is 9.59 Å². The van der Waals surface area contributed by atoms with Crippen LogP contribution in [0, 0.1) is 5.82 Å². The maximum absolute atomic E-state index is 13.2. The maximum atomic E-state index is 13.2. The number of aromatic nitrogens is 4. The van der Waals surface area contributed by atoms with E-state index in [0.29, 0.717) is 54.0 Å². The van der Waals surface area contributed by atoms with Crippen LogP contribution in [-0.2, 0) is 4.79 Å². The fourth-order valence-corrected chi connectivity index (χ4v) is 4.93. The van der Waals surface area contributed by atoms with Crippen LogP contribution in [0.3, 0.4) is 0 Å². The van der Waals surface area contributed by atoms with Gasteiger partial charge in [0.1, 0.15) is 17.3 Å². The average molecular weight is 548 g/mol. The molecule has 0 atom stereocenters. The molecule has 5 rings (SSSR count). The number of hydrogen-bond donors (Lipinski definition) is 1. The molecule has 0 saturated carbocycles. The van der Waals surface area contributed by atoms with Crippen molar-refractivity contribution in [2.45, 2.75) is 5.16 Å². The molecule has 1 aliphatic rings. The third kappa shape index (κ3) is 6.17. The van der Waals surface area contributed by atoms with Crippen LogP contribution in [0.25, 0.3) is 5.69 Å². The van der Waals surface area contributed by atoms with Crippen molar-refractivity contribution in [3.63, 3.8) is 0 Å². The predicted molar refractivity (Wildman–Crippen MR) is 146 cm³/mol. The van der Waals surface area contributed by atoms with E-state index in [-0.39, 0.29) is 23.4 Å². The Morgan fingerprint density at radius 1 is 0.974 bits per heavy atom. The van der Waals surface area contributed by atoms with Crippen LogP contribution in [0.2, 0.25) is 0 Å². The van der Waals surface area contributed by atoms with E-state index in [9.17, 15) is 14.0 Å². The molecule has 200 valence electrons. The number of methoxy groups -OCH3 is 1. The van der Waals surface area contributed by atoms with Crippen molar-refractivity contribution < 1.29 is 18.7 Å². The Balaban J connectivity index is 1.12. The molecule has 0 bridgehead atoms.